The summed E-state index contributed by atoms with van der Waals surface area (Å²) in [6.07, 6.45) is -10.6. The molecule has 0 aliphatic heterocycles. The number of hydrogen-bond donors (Lipinski definition) is 1. The lowest BCUT2D eigenvalue weighted by atomic mass is 9.92. The minimum Gasteiger partial charge on any atom is -0.465 e. The molecule has 0 aromatic heterocycles. The number of halogens is 6. The summed E-state index contributed by atoms with van der Waals surface area (Å²) in [5.41, 5.74) is -1.85. The highest BCUT2D eigenvalue weighted by Crippen LogP contribution is 2.29. The zero-order valence-corrected chi connectivity index (χ0v) is 12.8. The number of ketones is 1. The summed E-state index contributed by atoms with van der Waals surface area (Å²) in [7, 11) is 0. The van der Waals surface area contributed by atoms with E-state index >= 15 is 0 Å². The van der Waals surface area contributed by atoms with E-state index in [4.69, 9.17) is 5.41 Å². The van der Waals surface area contributed by atoms with Gasteiger partial charge < -0.3 is 10.1 Å². The minimum absolute atomic E-state index is 0.0438. The van der Waals surface area contributed by atoms with Gasteiger partial charge in [0.25, 0.3) is 5.78 Å². The maximum Gasteiger partial charge on any atom is 0.451 e. The second kappa shape index (κ2) is 7.66. The average molecular weight is 369 g/mol. The fourth-order valence-electron chi connectivity index (χ4n) is 1.93. The Balaban J connectivity index is 3.02. The Morgan fingerprint density at radius 2 is 1.60 bits per heavy atom. The average Bonchev–Trinajstić information content (AvgIpc) is 2.46. The Morgan fingerprint density at radius 3 is 2.00 bits per heavy atom. The third kappa shape index (κ3) is 5.57. The van der Waals surface area contributed by atoms with Crippen molar-refractivity contribution >= 4 is 17.5 Å². The number of benzene rings is 1. The largest absolute Gasteiger partial charge is 0.465 e. The molecule has 1 unspecified atom stereocenters. The van der Waals surface area contributed by atoms with Crippen molar-refractivity contribution in [3.8, 4) is 0 Å². The number of hydrogen-bond acceptors (Lipinski definition) is 4. The van der Waals surface area contributed by atoms with Crippen molar-refractivity contribution in [2.24, 2.45) is 5.92 Å². The van der Waals surface area contributed by atoms with Crippen LogP contribution in [0.1, 0.15) is 18.1 Å². The highest BCUT2D eigenvalue weighted by molar-refractivity contribution is 6.20. The quantitative estimate of drug-likeness (QED) is 0.361. The van der Waals surface area contributed by atoms with E-state index in [9.17, 15) is 35.9 Å². The van der Waals surface area contributed by atoms with E-state index in [-0.39, 0.29) is 12.2 Å². The van der Waals surface area contributed by atoms with Crippen LogP contribution in [0.25, 0.3) is 0 Å². The van der Waals surface area contributed by atoms with Gasteiger partial charge in [-0.15, -0.1) is 0 Å². The first-order valence-corrected chi connectivity index (χ1v) is 6.89. The molecule has 1 rings (SSSR count). The second-order valence-corrected chi connectivity index (χ2v) is 4.94. The van der Waals surface area contributed by atoms with Gasteiger partial charge in [-0.2, -0.15) is 26.3 Å². The number of ether oxygens (including phenoxy) is 1. The smallest absolute Gasteiger partial charge is 0.451 e. The van der Waals surface area contributed by atoms with Crippen molar-refractivity contribution in [3.63, 3.8) is 0 Å². The van der Waals surface area contributed by atoms with Gasteiger partial charge in [-0.1, -0.05) is 12.1 Å². The lowest BCUT2D eigenvalue weighted by Crippen LogP contribution is -2.41. The predicted octanol–water partition coefficient (Wildman–Crippen LogP) is 3.58. The van der Waals surface area contributed by atoms with E-state index in [1.165, 1.54) is 6.92 Å². The lowest BCUT2D eigenvalue weighted by Gasteiger charge is -2.17. The van der Waals surface area contributed by atoms with Crippen molar-refractivity contribution in [2.45, 2.75) is 25.7 Å². The van der Waals surface area contributed by atoms with E-state index < -0.39 is 47.7 Å². The summed E-state index contributed by atoms with van der Waals surface area (Å²) in [5.74, 6) is -6.47. The third-order valence-corrected chi connectivity index (χ3v) is 3.09. The Labute approximate surface area is 138 Å². The molecule has 0 aliphatic carbocycles. The standard InChI is InChI=1S/C15H13F6NO3/c1-2-25-13(24)11(12(23)15(19,20)21)10(22)7-8-3-5-9(6-4-8)14(16,17)18/h3-6,11,22H,2,7H2,1H3. The van der Waals surface area contributed by atoms with Crippen LogP contribution >= 0.6 is 0 Å². The predicted molar refractivity (Wildman–Crippen MR) is 74.1 cm³/mol. The number of carbonyl (C=O) groups is 2. The van der Waals surface area contributed by atoms with Crippen LogP contribution in [0.15, 0.2) is 24.3 Å². The number of Topliss-reactive ketones (excluding diaryl/α,β-unsaturated/α-hetero) is 1. The molecular formula is C15H13F6NO3. The Morgan fingerprint density at radius 1 is 1.08 bits per heavy atom. The topological polar surface area (TPSA) is 67.2 Å². The van der Waals surface area contributed by atoms with Crippen molar-refractivity contribution in [3.05, 3.63) is 35.4 Å². The van der Waals surface area contributed by atoms with Crippen LogP contribution in [0, 0.1) is 11.3 Å². The van der Waals surface area contributed by atoms with Gasteiger partial charge in [-0.25, -0.2) is 0 Å². The minimum atomic E-state index is -5.36. The summed E-state index contributed by atoms with van der Waals surface area (Å²) >= 11 is 0. The molecule has 0 saturated heterocycles. The van der Waals surface area contributed by atoms with Gasteiger partial charge in [-0.05, 0) is 24.6 Å². The molecule has 0 amide bonds. The summed E-state index contributed by atoms with van der Waals surface area (Å²) in [6.45, 7) is 1.01. The fourth-order valence-corrected chi connectivity index (χ4v) is 1.93. The van der Waals surface area contributed by atoms with Gasteiger partial charge in [-0.3, -0.25) is 9.59 Å². The molecule has 1 aromatic rings. The number of esters is 1. The first kappa shape index (κ1) is 20.7. The van der Waals surface area contributed by atoms with Gasteiger partial charge in [0.05, 0.1) is 12.2 Å². The van der Waals surface area contributed by atoms with E-state index in [0.29, 0.717) is 12.1 Å². The molecule has 25 heavy (non-hydrogen) atoms. The number of rotatable bonds is 6. The molecule has 0 heterocycles. The molecule has 1 aromatic carbocycles. The van der Waals surface area contributed by atoms with E-state index in [1.807, 2.05) is 0 Å². The van der Waals surface area contributed by atoms with Gasteiger partial charge in [0.2, 0.25) is 0 Å². The second-order valence-electron chi connectivity index (χ2n) is 4.94. The van der Waals surface area contributed by atoms with Crippen LogP contribution in [-0.4, -0.2) is 30.2 Å². The Hall–Kier alpha value is -2.39. The molecule has 0 bridgehead atoms. The molecule has 0 radical (unpaired) electrons. The summed E-state index contributed by atoms with van der Waals surface area (Å²) in [4.78, 5) is 23.0. The summed E-state index contributed by atoms with van der Waals surface area (Å²) < 4.78 is 79.6. The van der Waals surface area contributed by atoms with Crippen LogP contribution in [0.4, 0.5) is 26.3 Å². The number of nitrogens with one attached hydrogen (secondary N) is 1. The molecule has 1 N–H and O–H groups in total. The number of alkyl halides is 6. The van der Waals surface area contributed by atoms with Gasteiger partial charge in [0, 0.05) is 12.1 Å². The van der Waals surface area contributed by atoms with Gasteiger partial charge in [0.1, 0.15) is 0 Å². The van der Waals surface area contributed by atoms with Crippen LogP contribution in [0.2, 0.25) is 0 Å². The first-order valence-electron chi connectivity index (χ1n) is 6.89. The highest BCUT2D eigenvalue weighted by atomic mass is 19.4. The zero-order chi connectivity index (χ0) is 19.4. The van der Waals surface area contributed by atoms with E-state index in [2.05, 4.69) is 4.74 Å². The van der Waals surface area contributed by atoms with Crippen LogP contribution in [0.3, 0.4) is 0 Å². The molecular weight excluding hydrogens is 356 g/mol. The normalized spacial score (nSPS) is 13.2. The third-order valence-electron chi connectivity index (χ3n) is 3.09. The molecule has 0 fully saturated rings. The fraction of sp³-hybridized carbons (Fsp3) is 0.400. The van der Waals surface area contributed by atoms with Crippen LogP contribution < -0.4 is 0 Å². The van der Waals surface area contributed by atoms with E-state index in [1.54, 1.807) is 0 Å². The summed E-state index contributed by atoms with van der Waals surface area (Å²) in [6, 6.07) is 3.29. The van der Waals surface area contributed by atoms with Crippen molar-refractivity contribution < 1.29 is 40.7 Å². The van der Waals surface area contributed by atoms with Gasteiger partial charge in [0.15, 0.2) is 5.92 Å². The van der Waals surface area contributed by atoms with Crippen LogP contribution in [0.5, 0.6) is 0 Å². The first-order chi connectivity index (χ1) is 11.4. The molecule has 4 nitrogen and oxygen atoms in total. The maximum atomic E-state index is 12.6. The molecule has 1 atom stereocenters. The summed E-state index contributed by atoms with van der Waals surface area (Å²) in [5, 5.41) is 7.64. The van der Waals surface area contributed by atoms with Crippen LogP contribution in [-0.2, 0) is 26.9 Å². The molecule has 0 aliphatic rings. The number of carbonyl (C=O) groups excluding carboxylic acids is 2. The van der Waals surface area contributed by atoms with Crippen molar-refractivity contribution in [1.82, 2.24) is 0 Å². The van der Waals surface area contributed by atoms with Gasteiger partial charge >= 0.3 is 18.3 Å². The van der Waals surface area contributed by atoms with E-state index in [0.717, 1.165) is 12.1 Å². The molecule has 10 heteroatoms. The Bertz CT molecular complexity index is 649. The van der Waals surface area contributed by atoms with Crippen molar-refractivity contribution in [1.29, 1.82) is 5.41 Å². The molecule has 138 valence electrons. The zero-order valence-electron chi connectivity index (χ0n) is 12.8. The lowest BCUT2D eigenvalue weighted by molar-refractivity contribution is -0.177. The molecule has 0 saturated carbocycles. The SMILES string of the molecule is CCOC(=O)C(C(=N)Cc1ccc(C(F)(F)F)cc1)C(=O)C(F)(F)F. The Kier molecular flexibility index (Phi) is 6.33. The monoisotopic (exact) mass is 369 g/mol. The highest BCUT2D eigenvalue weighted by Gasteiger charge is 2.48. The maximum absolute atomic E-state index is 12.6. The molecule has 0 spiro atoms. The van der Waals surface area contributed by atoms with Crippen molar-refractivity contribution in [2.75, 3.05) is 6.61 Å².